The molecule has 0 spiro atoms. The summed E-state index contributed by atoms with van der Waals surface area (Å²) in [5.74, 6) is 0. The second kappa shape index (κ2) is 16.3. The van der Waals surface area contributed by atoms with Gasteiger partial charge in [-0.1, -0.05) is 132 Å². The molecule has 0 bridgehead atoms. The molecular formula is C25H40Cl2N4O. The number of carbonyl (C=O) groups excluding carboxylic acids is 1. The van der Waals surface area contributed by atoms with Crippen LogP contribution >= 0.6 is 23.2 Å². The summed E-state index contributed by atoms with van der Waals surface area (Å²) in [6.45, 7) is 2.91. The van der Waals surface area contributed by atoms with Crippen LogP contribution in [0.3, 0.4) is 0 Å². The molecule has 1 aromatic carbocycles. The lowest BCUT2D eigenvalue weighted by atomic mass is 10.0. The molecule has 1 aromatic heterocycles. The first-order valence-corrected chi connectivity index (χ1v) is 13.4. The number of rotatable bonds is 17. The second-order valence-electron chi connectivity index (χ2n) is 8.79. The number of halogens is 2. The largest absolute Gasteiger partial charge is 0.344 e. The molecule has 2 aromatic rings. The Morgan fingerprint density at radius 1 is 0.781 bits per heavy atom. The second-order valence-corrected chi connectivity index (χ2v) is 9.61. The average Bonchev–Trinajstić information content (AvgIpc) is 3.18. The molecule has 1 N–H and O–H groups in total. The predicted octanol–water partition coefficient (Wildman–Crippen LogP) is 8.56. The maximum absolute atomic E-state index is 12.3. The number of amides is 1. The van der Waals surface area contributed by atoms with Gasteiger partial charge in [0.1, 0.15) is 11.0 Å². The van der Waals surface area contributed by atoms with E-state index in [9.17, 15) is 4.79 Å². The minimum atomic E-state index is -0.285. The van der Waals surface area contributed by atoms with E-state index in [2.05, 4.69) is 22.6 Å². The molecule has 2 rings (SSSR count). The maximum Gasteiger partial charge on any atom is 0.344 e. The molecule has 0 saturated heterocycles. The lowest BCUT2D eigenvalue weighted by molar-refractivity contribution is 0.239. The van der Waals surface area contributed by atoms with Crippen molar-refractivity contribution in [1.82, 2.24) is 20.3 Å². The van der Waals surface area contributed by atoms with Crippen LogP contribution in [-0.2, 0) is 0 Å². The van der Waals surface area contributed by atoms with Crippen LogP contribution < -0.4 is 5.32 Å². The lowest BCUT2D eigenvalue weighted by Crippen LogP contribution is -2.30. The smallest absolute Gasteiger partial charge is 0.336 e. The minimum Gasteiger partial charge on any atom is -0.336 e. The molecule has 0 unspecified atom stereocenters. The van der Waals surface area contributed by atoms with E-state index in [-0.39, 0.29) is 6.03 Å². The van der Waals surface area contributed by atoms with E-state index in [0.29, 0.717) is 27.6 Å². The van der Waals surface area contributed by atoms with Crippen LogP contribution in [0.1, 0.15) is 110 Å². The molecule has 0 saturated carbocycles. The quantitative estimate of drug-likeness (QED) is 0.229. The SMILES string of the molecule is CCCCCCCCCCCCCCCCCCNC(=O)n1nnc2cc(Cl)c(Cl)cc21. The Balaban J connectivity index is 1.41. The number of fused-ring (bicyclic) bond motifs is 1. The summed E-state index contributed by atoms with van der Waals surface area (Å²) >= 11 is 12.0. The summed E-state index contributed by atoms with van der Waals surface area (Å²) in [4.78, 5) is 12.3. The Morgan fingerprint density at radius 3 is 1.78 bits per heavy atom. The summed E-state index contributed by atoms with van der Waals surface area (Å²) in [5, 5.41) is 11.6. The summed E-state index contributed by atoms with van der Waals surface area (Å²) in [7, 11) is 0. The first-order chi connectivity index (χ1) is 15.6. The van der Waals surface area contributed by atoms with Crippen molar-refractivity contribution in [2.75, 3.05) is 6.54 Å². The van der Waals surface area contributed by atoms with Gasteiger partial charge in [0.2, 0.25) is 0 Å². The van der Waals surface area contributed by atoms with Crippen LogP contribution in [0.4, 0.5) is 4.79 Å². The van der Waals surface area contributed by atoms with Crippen molar-refractivity contribution in [2.45, 2.75) is 110 Å². The number of nitrogens with zero attached hydrogens (tertiary/aromatic N) is 3. The fourth-order valence-electron chi connectivity index (χ4n) is 4.01. The van der Waals surface area contributed by atoms with E-state index in [1.54, 1.807) is 12.1 Å². The van der Waals surface area contributed by atoms with Crippen molar-refractivity contribution >= 4 is 40.3 Å². The minimum absolute atomic E-state index is 0.285. The average molecular weight is 484 g/mol. The molecule has 0 aliphatic heterocycles. The van der Waals surface area contributed by atoms with Crippen molar-refractivity contribution < 1.29 is 4.79 Å². The lowest BCUT2D eigenvalue weighted by Gasteiger charge is -2.06. The molecule has 0 atom stereocenters. The van der Waals surface area contributed by atoms with Crippen LogP contribution in [-0.4, -0.2) is 27.6 Å². The number of carbonyl (C=O) groups is 1. The van der Waals surface area contributed by atoms with Gasteiger partial charge in [-0.25, -0.2) is 4.79 Å². The highest BCUT2D eigenvalue weighted by Gasteiger charge is 2.13. The molecule has 0 aliphatic rings. The zero-order valence-electron chi connectivity index (χ0n) is 19.7. The molecule has 1 heterocycles. The van der Waals surface area contributed by atoms with Crippen molar-refractivity contribution in [1.29, 1.82) is 0 Å². The van der Waals surface area contributed by atoms with Gasteiger partial charge in [-0.05, 0) is 18.6 Å². The van der Waals surface area contributed by atoms with Crippen molar-refractivity contribution in [3.8, 4) is 0 Å². The van der Waals surface area contributed by atoms with Gasteiger partial charge >= 0.3 is 6.03 Å². The number of hydrogen-bond acceptors (Lipinski definition) is 3. The summed E-state index contributed by atoms with van der Waals surface area (Å²) < 4.78 is 1.24. The van der Waals surface area contributed by atoms with Gasteiger partial charge in [0.05, 0.1) is 10.0 Å². The van der Waals surface area contributed by atoms with Crippen LogP contribution in [0, 0.1) is 0 Å². The van der Waals surface area contributed by atoms with Gasteiger partial charge in [0, 0.05) is 6.54 Å². The zero-order valence-corrected chi connectivity index (χ0v) is 21.2. The van der Waals surface area contributed by atoms with E-state index >= 15 is 0 Å². The molecular weight excluding hydrogens is 443 g/mol. The van der Waals surface area contributed by atoms with Gasteiger partial charge in [-0.2, -0.15) is 4.68 Å². The highest BCUT2D eigenvalue weighted by Crippen LogP contribution is 2.26. The Hall–Kier alpha value is -1.33. The van der Waals surface area contributed by atoms with Gasteiger partial charge in [0.25, 0.3) is 0 Å². The molecule has 5 nitrogen and oxygen atoms in total. The zero-order chi connectivity index (χ0) is 23.0. The molecule has 32 heavy (non-hydrogen) atoms. The maximum atomic E-state index is 12.3. The highest BCUT2D eigenvalue weighted by atomic mass is 35.5. The molecule has 0 radical (unpaired) electrons. The van der Waals surface area contributed by atoms with E-state index in [0.717, 1.165) is 12.8 Å². The van der Waals surface area contributed by atoms with Crippen LogP contribution in [0.25, 0.3) is 11.0 Å². The topological polar surface area (TPSA) is 59.8 Å². The first-order valence-electron chi connectivity index (χ1n) is 12.6. The van der Waals surface area contributed by atoms with Gasteiger partial charge in [-0.3, -0.25) is 0 Å². The number of benzene rings is 1. The van der Waals surface area contributed by atoms with Crippen molar-refractivity contribution in [3.63, 3.8) is 0 Å². The van der Waals surface area contributed by atoms with Gasteiger partial charge < -0.3 is 5.32 Å². The van der Waals surface area contributed by atoms with Gasteiger partial charge in [0.15, 0.2) is 0 Å². The Bertz CT molecular complexity index is 794. The Kier molecular flexibility index (Phi) is 13.7. The van der Waals surface area contributed by atoms with Crippen LogP contribution in [0.15, 0.2) is 12.1 Å². The van der Waals surface area contributed by atoms with E-state index < -0.39 is 0 Å². The Labute approximate surface area is 203 Å². The molecule has 7 heteroatoms. The summed E-state index contributed by atoms with van der Waals surface area (Å²) in [6, 6.07) is 2.95. The van der Waals surface area contributed by atoms with E-state index in [4.69, 9.17) is 23.2 Å². The molecule has 1 amide bonds. The first kappa shape index (κ1) is 26.9. The third kappa shape index (κ3) is 10.1. The van der Waals surface area contributed by atoms with Crippen molar-refractivity contribution in [2.24, 2.45) is 0 Å². The van der Waals surface area contributed by atoms with Gasteiger partial charge in [-0.15, -0.1) is 5.10 Å². The normalized spacial score (nSPS) is 11.3. The fourth-order valence-corrected chi connectivity index (χ4v) is 4.33. The number of aromatic nitrogens is 3. The van der Waals surface area contributed by atoms with Crippen LogP contribution in [0.2, 0.25) is 10.0 Å². The third-order valence-corrected chi connectivity index (χ3v) is 6.71. The predicted molar refractivity (Wildman–Crippen MR) is 136 cm³/mol. The third-order valence-electron chi connectivity index (χ3n) is 5.99. The molecule has 180 valence electrons. The van der Waals surface area contributed by atoms with Crippen LogP contribution in [0.5, 0.6) is 0 Å². The number of hydrogen-bond donors (Lipinski definition) is 1. The fraction of sp³-hybridized carbons (Fsp3) is 0.720. The molecule has 0 aliphatic carbocycles. The summed E-state index contributed by atoms with van der Waals surface area (Å²) in [5.41, 5.74) is 1.11. The van der Waals surface area contributed by atoms with Crippen molar-refractivity contribution in [3.05, 3.63) is 22.2 Å². The standard InChI is InChI=1S/C25H40Cl2N4O/c1-2-3-4-5-6-7-8-9-10-11-12-13-14-15-16-17-18-28-25(32)31-24-20-22(27)21(26)19-23(24)29-30-31/h19-20H,2-18H2,1H3,(H,28,32). The monoisotopic (exact) mass is 482 g/mol. The highest BCUT2D eigenvalue weighted by molar-refractivity contribution is 6.42. The van der Waals surface area contributed by atoms with E-state index in [1.807, 2.05) is 0 Å². The number of unbranched alkanes of at least 4 members (excludes halogenated alkanes) is 15. The Morgan fingerprint density at radius 2 is 1.25 bits per heavy atom. The summed E-state index contributed by atoms with van der Waals surface area (Å²) in [6.07, 6.45) is 21.4. The molecule has 0 fully saturated rings. The number of nitrogens with one attached hydrogen (secondary N) is 1. The van der Waals surface area contributed by atoms with E-state index in [1.165, 1.54) is 94.6 Å².